The number of amides is 1. The van der Waals surface area contributed by atoms with Gasteiger partial charge in [-0.1, -0.05) is 6.42 Å². The highest BCUT2D eigenvalue weighted by molar-refractivity contribution is 7.88. The zero-order valence-corrected chi connectivity index (χ0v) is 15.7. The van der Waals surface area contributed by atoms with Crippen LogP contribution in [0.25, 0.3) is 0 Å². The number of hydrogen-bond donors (Lipinski definition) is 0. The van der Waals surface area contributed by atoms with Crippen molar-refractivity contribution in [3.05, 3.63) is 18.1 Å². The van der Waals surface area contributed by atoms with E-state index in [9.17, 15) is 13.2 Å². The van der Waals surface area contributed by atoms with Gasteiger partial charge < -0.3 is 4.74 Å². The molecular formula is C17H24N4O4S. The molecule has 3 heterocycles. The predicted octanol–water partition coefficient (Wildman–Crippen LogP) is 2.23. The molecule has 3 aliphatic rings. The van der Waals surface area contributed by atoms with Gasteiger partial charge in [0.2, 0.25) is 10.0 Å². The fourth-order valence-electron chi connectivity index (χ4n) is 4.33. The first-order valence-corrected chi connectivity index (χ1v) is 11.0. The number of nitrogens with zero attached hydrogens (tertiary/aromatic N) is 4. The molecule has 4 rings (SSSR count). The molecule has 3 fully saturated rings. The molecule has 0 N–H and O–H groups in total. The van der Waals surface area contributed by atoms with Crippen molar-refractivity contribution in [2.75, 3.05) is 24.2 Å². The third-order valence-electron chi connectivity index (χ3n) is 5.64. The summed E-state index contributed by atoms with van der Waals surface area (Å²) in [5.74, 6) is 0.463. The van der Waals surface area contributed by atoms with Crippen LogP contribution in [0.5, 0.6) is 0 Å². The van der Waals surface area contributed by atoms with Crippen LogP contribution < -0.4 is 4.90 Å². The molecule has 1 aromatic heterocycles. The molecule has 1 amide bonds. The smallest absolute Gasteiger partial charge is 0.416 e. The third-order valence-corrected chi connectivity index (χ3v) is 6.93. The summed E-state index contributed by atoms with van der Waals surface area (Å²) >= 11 is 0. The number of aromatic nitrogens is 2. The summed E-state index contributed by atoms with van der Waals surface area (Å²) in [5, 5.41) is 0. The van der Waals surface area contributed by atoms with E-state index in [1.165, 1.54) is 17.0 Å². The minimum atomic E-state index is -3.27. The predicted molar refractivity (Wildman–Crippen MR) is 95.2 cm³/mol. The van der Waals surface area contributed by atoms with Gasteiger partial charge in [-0.3, -0.25) is 9.88 Å². The molecule has 0 unspecified atom stereocenters. The largest absolute Gasteiger partial charge is 0.441 e. The average Bonchev–Trinajstić information content (AvgIpc) is 3.21. The molecule has 2 aliphatic heterocycles. The summed E-state index contributed by atoms with van der Waals surface area (Å²) in [7, 11) is -3.27. The van der Waals surface area contributed by atoms with Crippen LogP contribution in [0.4, 0.5) is 10.6 Å². The minimum absolute atomic E-state index is 0.276. The number of sulfonamides is 1. The van der Waals surface area contributed by atoms with Gasteiger partial charge in [0, 0.05) is 6.54 Å². The topological polar surface area (TPSA) is 92.7 Å². The van der Waals surface area contributed by atoms with Crippen molar-refractivity contribution in [2.24, 2.45) is 0 Å². The number of carbonyl (C=O) groups is 1. The Morgan fingerprint density at radius 1 is 1.15 bits per heavy atom. The highest BCUT2D eigenvalue weighted by Crippen LogP contribution is 2.38. The monoisotopic (exact) mass is 380 g/mol. The van der Waals surface area contributed by atoms with E-state index < -0.39 is 10.0 Å². The first-order valence-electron chi connectivity index (χ1n) is 9.17. The van der Waals surface area contributed by atoms with Crippen LogP contribution in [0.1, 0.15) is 56.7 Å². The van der Waals surface area contributed by atoms with Crippen molar-refractivity contribution in [1.82, 2.24) is 14.3 Å². The van der Waals surface area contributed by atoms with E-state index in [1.54, 1.807) is 17.3 Å². The van der Waals surface area contributed by atoms with Gasteiger partial charge in [0.25, 0.3) is 0 Å². The van der Waals surface area contributed by atoms with Crippen LogP contribution in [-0.2, 0) is 14.8 Å². The normalized spacial score (nSPS) is 26.4. The van der Waals surface area contributed by atoms with E-state index in [1.807, 2.05) is 0 Å². The van der Waals surface area contributed by atoms with Gasteiger partial charge in [-0.05, 0) is 38.5 Å². The molecule has 1 aliphatic carbocycles. The van der Waals surface area contributed by atoms with E-state index in [0.717, 1.165) is 38.5 Å². The maximum absolute atomic E-state index is 12.3. The summed E-state index contributed by atoms with van der Waals surface area (Å²) in [4.78, 5) is 22.7. The zero-order valence-electron chi connectivity index (χ0n) is 14.9. The van der Waals surface area contributed by atoms with Crippen LogP contribution in [0.2, 0.25) is 0 Å². The number of ether oxygens (including phenoxy) is 1. The van der Waals surface area contributed by atoms with Crippen molar-refractivity contribution >= 4 is 21.9 Å². The van der Waals surface area contributed by atoms with Gasteiger partial charge in [0.15, 0.2) is 5.82 Å². The highest BCUT2D eigenvalue weighted by atomic mass is 32.2. The van der Waals surface area contributed by atoms with Crippen LogP contribution in [0, 0.1) is 0 Å². The molecule has 1 aromatic rings. The van der Waals surface area contributed by atoms with Crippen molar-refractivity contribution in [1.29, 1.82) is 0 Å². The van der Waals surface area contributed by atoms with Crippen LogP contribution in [0.15, 0.2) is 12.4 Å². The fourth-order valence-corrected chi connectivity index (χ4v) is 5.47. The molecule has 1 spiro atoms. The molecular weight excluding hydrogens is 356 g/mol. The number of hydrogen-bond acceptors (Lipinski definition) is 6. The Bertz CT molecular complexity index is 789. The Kier molecular flexibility index (Phi) is 4.38. The molecule has 8 nitrogen and oxygen atoms in total. The highest BCUT2D eigenvalue weighted by Gasteiger charge is 2.46. The Hall–Kier alpha value is -1.74. The summed E-state index contributed by atoms with van der Waals surface area (Å²) in [6.07, 6.45) is 10.7. The zero-order chi connectivity index (χ0) is 18.4. The summed E-state index contributed by atoms with van der Waals surface area (Å²) < 4.78 is 31.0. The van der Waals surface area contributed by atoms with Gasteiger partial charge >= 0.3 is 6.09 Å². The number of rotatable bonds is 3. The molecule has 0 radical (unpaired) electrons. The Morgan fingerprint density at radius 2 is 1.92 bits per heavy atom. The number of carbonyl (C=O) groups excluding carboxylic acids is 1. The lowest BCUT2D eigenvalue weighted by atomic mass is 9.85. The Labute approximate surface area is 153 Å². The van der Waals surface area contributed by atoms with Gasteiger partial charge in [0.1, 0.15) is 5.60 Å². The Balaban J connectivity index is 1.52. The van der Waals surface area contributed by atoms with Crippen molar-refractivity contribution < 1.29 is 17.9 Å². The lowest BCUT2D eigenvalue weighted by Crippen LogP contribution is -2.36. The second-order valence-corrected chi connectivity index (χ2v) is 9.46. The average molecular weight is 380 g/mol. The van der Waals surface area contributed by atoms with Gasteiger partial charge in [-0.2, -0.15) is 4.31 Å². The molecule has 9 heteroatoms. The number of anilines is 1. The molecule has 26 heavy (non-hydrogen) atoms. The van der Waals surface area contributed by atoms with Crippen molar-refractivity contribution in [2.45, 2.75) is 56.6 Å². The molecule has 1 atom stereocenters. The lowest BCUT2D eigenvalue weighted by Gasteiger charge is -2.30. The Morgan fingerprint density at radius 3 is 2.58 bits per heavy atom. The van der Waals surface area contributed by atoms with Gasteiger partial charge in [0.05, 0.1) is 36.9 Å². The maximum Gasteiger partial charge on any atom is 0.416 e. The first-order chi connectivity index (χ1) is 12.4. The van der Waals surface area contributed by atoms with Crippen molar-refractivity contribution in [3.8, 4) is 0 Å². The van der Waals surface area contributed by atoms with Crippen molar-refractivity contribution in [3.63, 3.8) is 0 Å². The fraction of sp³-hybridized carbons (Fsp3) is 0.706. The van der Waals surface area contributed by atoms with Crippen LogP contribution in [0.3, 0.4) is 0 Å². The summed E-state index contributed by atoms with van der Waals surface area (Å²) in [5.41, 5.74) is 0.241. The molecule has 1 saturated carbocycles. The van der Waals surface area contributed by atoms with E-state index >= 15 is 0 Å². The lowest BCUT2D eigenvalue weighted by molar-refractivity contribution is 0.0260. The minimum Gasteiger partial charge on any atom is -0.441 e. The second kappa shape index (κ2) is 6.45. The SMILES string of the molecule is CS(=O)(=O)N1CCC[C@H]1c1cnc(N2CC3(CCCCC3)OC2=O)cn1. The second-order valence-electron chi connectivity index (χ2n) is 7.53. The van der Waals surface area contributed by atoms with Gasteiger partial charge in [-0.25, -0.2) is 18.2 Å². The summed E-state index contributed by atoms with van der Waals surface area (Å²) in [6, 6.07) is -0.276. The first kappa shape index (κ1) is 17.7. The molecule has 142 valence electrons. The molecule has 2 saturated heterocycles. The molecule has 0 aromatic carbocycles. The third kappa shape index (κ3) is 3.18. The van der Waals surface area contributed by atoms with Crippen LogP contribution >= 0.6 is 0 Å². The van der Waals surface area contributed by atoms with Crippen LogP contribution in [-0.4, -0.2) is 53.7 Å². The van der Waals surface area contributed by atoms with E-state index in [-0.39, 0.29) is 17.7 Å². The standard InChI is InChI=1S/C17H24N4O4S/c1-26(23,24)21-9-5-6-14(21)13-10-19-15(11-18-13)20-12-17(25-16(20)22)7-3-2-4-8-17/h10-11,14H,2-9,12H2,1H3/t14-/m0/s1. The van der Waals surface area contributed by atoms with E-state index in [4.69, 9.17) is 4.74 Å². The quantitative estimate of drug-likeness (QED) is 0.798. The van der Waals surface area contributed by atoms with Gasteiger partial charge in [-0.15, -0.1) is 0 Å². The molecule has 0 bridgehead atoms. The van der Waals surface area contributed by atoms with E-state index in [0.29, 0.717) is 24.6 Å². The maximum atomic E-state index is 12.3. The summed E-state index contributed by atoms with van der Waals surface area (Å²) in [6.45, 7) is 1.02. The van der Waals surface area contributed by atoms with E-state index in [2.05, 4.69) is 9.97 Å².